The monoisotopic (exact) mass is 800 g/mol. The number of aromatic carboxylic acids is 2. The van der Waals surface area contributed by atoms with Gasteiger partial charge in [-0.2, -0.15) is 0 Å². The summed E-state index contributed by atoms with van der Waals surface area (Å²) in [6.07, 6.45) is 7.25. The normalized spacial score (nSPS) is 14.3. The van der Waals surface area contributed by atoms with Crippen molar-refractivity contribution in [1.82, 2.24) is 0 Å². The number of nitrogens with one attached hydrogen (secondary N) is 2. The zero-order valence-corrected chi connectivity index (χ0v) is 32.8. The third kappa shape index (κ3) is 11.3. The van der Waals surface area contributed by atoms with Crippen LogP contribution in [0.25, 0.3) is 6.08 Å². The first-order valence-corrected chi connectivity index (χ1v) is 19.8. The number of carbonyl (C=O) groups excluding carboxylic acids is 2. The van der Waals surface area contributed by atoms with Crippen molar-refractivity contribution in [3.63, 3.8) is 0 Å². The average Bonchev–Trinajstić information content (AvgIpc) is 4.01. The minimum atomic E-state index is -1.15. The van der Waals surface area contributed by atoms with Gasteiger partial charge in [0.1, 0.15) is 23.0 Å². The standard InChI is InChI=1S/C50H44N2O8/c53-47(18-7-12-33-10-3-1-4-11-33)52-46-32-41(25-27-43(46)50(57)58)60-39-17-9-14-36(29-39)44-30-37(44)28-35-22-20-34(21-23-35)13-8-19-48(54)51-45-31-40(24-26-42(45)49(55)56)59-38-15-5-2-6-16-38/h1-6,8-11,13-17,20-27,29,31-32,37,44H,7,12,18-19,28,30H2,(H,51,54)(H,52,53)(H,55,56)(H,57,58)/b13-8+/t37?,44-/m1/s1. The summed E-state index contributed by atoms with van der Waals surface area (Å²) in [5, 5.41) is 24.9. The largest absolute Gasteiger partial charge is 0.478 e. The average molecular weight is 801 g/mol. The van der Waals surface area contributed by atoms with Crippen LogP contribution in [0, 0.1) is 5.92 Å². The van der Waals surface area contributed by atoms with E-state index in [0.717, 1.165) is 36.0 Å². The first-order chi connectivity index (χ1) is 29.2. The van der Waals surface area contributed by atoms with Crippen LogP contribution in [0.2, 0.25) is 0 Å². The fourth-order valence-electron chi connectivity index (χ4n) is 7.09. The molecule has 0 aliphatic heterocycles. The van der Waals surface area contributed by atoms with E-state index in [9.17, 15) is 29.4 Å². The summed E-state index contributed by atoms with van der Waals surface area (Å²) in [4.78, 5) is 49.3. The summed E-state index contributed by atoms with van der Waals surface area (Å²) < 4.78 is 12.0. The number of carbonyl (C=O) groups is 4. The molecule has 1 unspecified atom stereocenters. The molecule has 10 nitrogen and oxygen atoms in total. The van der Waals surface area contributed by atoms with Gasteiger partial charge in [0.25, 0.3) is 0 Å². The van der Waals surface area contributed by atoms with Crippen molar-refractivity contribution < 1.29 is 38.9 Å². The molecule has 2 amide bonds. The molecule has 0 saturated heterocycles. The van der Waals surface area contributed by atoms with E-state index in [2.05, 4.69) is 28.8 Å². The summed E-state index contributed by atoms with van der Waals surface area (Å²) in [6.45, 7) is 0. The smallest absolute Gasteiger partial charge is 0.337 e. The van der Waals surface area contributed by atoms with E-state index in [1.165, 1.54) is 23.8 Å². The minimum absolute atomic E-state index is 0.00836. The molecule has 1 fully saturated rings. The lowest BCUT2D eigenvalue weighted by atomic mass is 10.0. The maximum Gasteiger partial charge on any atom is 0.337 e. The van der Waals surface area contributed by atoms with Crippen molar-refractivity contribution in [3.05, 3.63) is 185 Å². The predicted molar refractivity (Wildman–Crippen MR) is 231 cm³/mol. The molecule has 4 N–H and O–H groups in total. The Morgan fingerprint density at radius 2 is 1.18 bits per heavy atom. The molecule has 6 aromatic rings. The van der Waals surface area contributed by atoms with Crippen LogP contribution in [0.3, 0.4) is 0 Å². The van der Waals surface area contributed by atoms with Crippen molar-refractivity contribution in [2.24, 2.45) is 5.92 Å². The number of amides is 2. The maximum atomic E-state index is 12.8. The lowest BCUT2D eigenvalue weighted by Crippen LogP contribution is -2.14. The molecule has 0 heterocycles. The molecule has 10 heteroatoms. The molecule has 1 saturated carbocycles. The fraction of sp³-hybridized carbons (Fsp3) is 0.160. The second-order valence-electron chi connectivity index (χ2n) is 14.7. The van der Waals surface area contributed by atoms with Gasteiger partial charge in [-0.1, -0.05) is 97.1 Å². The zero-order valence-electron chi connectivity index (χ0n) is 32.8. The van der Waals surface area contributed by atoms with Crippen molar-refractivity contribution in [2.45, 2.75) is 44.4 Å². The van der Waals surface area contributed by atoms with Crippen molar-refractivity contribution in [1.29, 1.82) is 0 Å². The number of para-hydroxylation sites is 1. The van der Waals surface area contributed by atoms with Crippen LogP contribution in [0.4, 0.5) is 11.4 Å². The SMILES string of the molecule is O=C(C/C=C/c1ccc(CC2C[C@@H]2c2cccc(Oc3ccc(C(=O)O)c(NC(=O)CCCc4ccccc4)c3)c2)cc1)Nc1cc(Oc2ccccc2)ccc1C(=O)O. The maximum absolute atomic E-state index is 12.8. The van der Waals surface area contributed by atoms with Gasteiger partial charge < -0.3 is 30.3 Å². The molecule has 1 aliphatic rings. The fourth-order valence-corrected chi connectivity index (χ4v) is 7.09. The molecule has 302 valence electrons. The predicted octanol–water partition coefficient (Wildman–Crippen LogP) is 11.0. The van der Waals surface area contributed by atoms with Crippen LogP contribution >= 0.6 is 0 Å². The molecule has 2 atom stereocenters. The number of rotatable bonds is 18. The van der Waals surface area contributed by atoms with Crippen LogP contribution in [-0.2, 0) is 22.4 Å². The molecule has 0 spiro atoms. The number of aryl methyl sites for hydroxylation is 1. The van der Waals surface area contributed by atoms with Crippen LogP contribution in [0.5, 0.6) is 23.0 Å². The molecule has 0 radical (unpaired) electrons. The Kier molecular flexibility index (Phi) is 13.1. The van der Waals surface area contributed by atoms with Gasteiger partial charge in [-0.15, -0.1) is 0 Å². The molecule has 1 aliphatic carbocycles. The van der Waals surface area contributed by atoms with Gasteiger partial charge in [0.2, 0.25) is 11.8 Å². The number of ether oxygens (including phenoxy) is 2. The second kappa shape index (κ2) is 19.3. The summed E-state index contributed by atoms with van der Waals surface area (Å²) in [5.74, 6) is -0.0190. The lowest BCUT2D eigenvalue weighted by molar-refractivity contribution is -0.116. The van der Waals surface area contributed by atoms with Crippen molar-refractivity contribution >= 4 is 41.2 Å². The number of carboxylic acid groups (broad SMARTS) is 2. The van der Waals surface area contributed by atoms with Gasteiger partial charge in [-0.25, -0.2) is 9.59 Å². The van der Waals surface area contributed by atoms with E-state index >= 15 is 0 Å². The summed E-state index contributed by atoms with van der Waals surface area (Å²) >= 11 is 0. The molecule has 6 aromatic carbocycles. The van der Waals surface area contributed by atoms with Gasteiger partial charge in [-0.3, -0.25) is 9.59 Å². The van der Waals surface area contributed by atoms with Crippen LogP contribution < -0.4 is 20.1 Å². The van der Waals surface area contributed by atoms with Gasteiger partial charge in [-0.05, 0) is 108 Å². The van der Waals surface area contributed by atoms with Crippen molar-refractivity contribution in [3.8, 4) is 23.0 Å². The Balaban J connectivity index is 0.892. The number of hydrogen-bond acceptors (Lipinski definition) is 6. The van der Waals surface area contributed by atoms with E-state index < -0.39 is 11.9 Å². The first-order valence-electron chi connectivity index (χ1n) is 19.8. The van der Waals surface area contributed by atoms with Gasteiger partial charge >= 0.3 is 11.9 Å². The molecule has 7 rings (SSSR count). The molecule has 60 heavy (non-hydrogen) atoms. The molecular weight excluding hydrogens is 757 g/mol. The van der Waals surface area contributed by atoms with Gasteiger partial charge in [0.15, 0.2) is 0 Å². The van der Waals surface area contributed by atoms with E-state index in [0.29, 0.717) is 41.3 Å². The Morgan fingerprint density at radius 1 is 0.600 bits per heavy atom. The lowest BCUT2D eigenvalue weighted by Gasteiger charge is -2.12. The summed E-state index contributed by atoms with van der Waals surface area (Å²) in [5.41, 5.74) is 4.76. The van der Waals surface area contributed by atoms with E-state index in [4.69, 9.17) is 9.47 Å². The highest BCUT2D eigenvalue weighted by Crippen LogP contribution is 2.50. The Morgan fingerprint density at radius 3 is 1.83 bits per heavy atom. The molecule has 0 aromatic heterocycles. The highest BCUT2D eigenvalue weighted by atomic mass is 16.5. The van der Waals surface area contributed by atoms with Gasteiger partial charge in [0, 0.05) is 25.0 Å². The number of carboxylic acids is 2. The number of hydrogen-bond donors (Lipinski definition) is 4. The second-order valence-corrected chi connectivity index (χ2v) is 14.7. The van der Waals surface area contributed by atoms with Crippen LogP contribution in [0.15, 0.2) is 152 Å². The van der Waals surface area contributed by atoms with Crippen LogP contribution in [0.1, 0.15) is 74.6 Å². The minimum Gasteiger partial charge on any atom is -0.478 e. The van der Waals surface area contributed by atoms with E-state index in [1.54, 1.807) is 36.4 Å². The highest BCUT2D eigenvalue weighted by molar-refractivity contribution is 6.02. The van der Waals surface area contributed by atoms with Crippen molar-refractivity contribution in [2.75, 3.05) is 10.6 Å². The van der Waals surface area contributed by atoms with E-state index in [1.807, 2.05) is 84.9 Å². The summed E-state index contributed by atoms with van der Waals surface area (Å²) in [7, 11) is 0. The highest BCUT2D eigenvalue weighted by Gasteiger charge is 2.38. The summed E-state index contributed by atoms with van der Waals surface area (Å²) in [6, 6.07) is 44.2. The molecule has 0 bridgehead atoms. The quantitative estimate of drug-likeness (QED) is 0.0670. The topological polar surface area (TPSA) is 151 Å². The third-order valence-corrected chi connectivity index (χ3v) is 10.2. The van der Waals surface area contributed by atoms with Crippen LogP contribution in [-0.4, -0.2) is 34.0 Å². The molecular formula is C50H44N2O8. The number of benzene rings is 6. The Hall–Kier alpha value is -7.46. The number of anilines is 2. The first kappa shape index (κ1) is 40.7. The van der Waals surface area contributed by atoms with E-state index in [-0.39, 0.29) is 47.2 Å². The Labute approximate surface area is 348 Å². The third-order valence-electron chi connectivity index (χ3n) is 10.2. The van der Waals surface area contributed by atoms with Gasteiger partial charge in [0.05, 0.1) is 22.5 Å². The zero-order chi connectivity index (χ0) is 41.8. The Bertz CT molecular complexity index is 2500.